The van der Waals surface area contributed by atoms with Gasteiger partial charge in [0, 0.05) is 21.1 Å². The molecule has 0 unspecified atom stereocenters. The first kappa shape index (κ1) is 17.8. The van der Waals surface area contributed by atoms with Crippen LogP contribution in [0.1, 0.15) is 26.3 Å². The summed E-state index contributed by atoms with van der Waals surface area (Å²) in [4.78, 5) is 20.0. The summed E-state index contributed by atoms with van der Waals surface area (Å²) in [6, 6.07) is 13.1. The van der Waals surface area contributed by atoms with Crippen molar-refractivity contribution in [3.05, 3.63) is 48.0 Å². The number of amides is 1. The van der Waals surface area contributed by atoms with Crippen LogP contribution in [0.5, 0.6) is 5.75 Å². The highest BCUT2D eigenvalue weighted by atomic mass is 16.6. The highest BCUT2D eigenvalue weighted by Crippen LogP contribution is 2.25. The van der Waals surface area contributed by atoms with Crippen molar-refractivity contribution in [1.29, 1.82) is 0 Å². The number of nitrogens with zero attached hydrogens (tertiary/aromatic N) is 3. The summed E-state index contributed by atoms with van der Waals surface area (Å²) in [7, 11) is 5.45. The predicted octanol–water partition coefficient (Wildman–Crippen LogP) is 4.08. The lowest BCUT2D eigenvalue weighted by Gasteiger charge is -2.20. The maximum atomic E-state index is 12.3. The Morgan fingerprint density at radius 2 is 1.54 bits per heavy atom. The fraction of sp³-hybridized carbons (Fsp3) is 0.368. The highest BCUT2D eigenvalue weighted by molar-refractivity contribution is 5.87. The van der Waals surface area contributed by atoms with E-state index < -0.39 is 6.09 Å². The molecule has 2 aromatic rings. The van der Waals surface area contributed by atoms with Gasteiger partial charge in [0.05, 0.1) is 0 Å². The summed E-state index contributed by atoms with van der Waals surface area (Å²) >= 11 is 0. The van der Waals surface area contributed by atoms with E-state index in [4.69, 9.17) is 4.74 Å². The van der Waals surface area contributed by atoms with Crippen LogP contribution in [0.15, 0.2) is 42.5 Å². The van der Waals surface area contributed by atoms with Gasteiger partial charge in [0.25, 0.3) is 0 Å². The second-order valence-corrected chi connectivity index (χ2v) is 6.95. The summed E-state index contributed by atoms with van der Waals surface area (Å²) in [5.41, 5.74) is 1.26. The normalized spacial score (nSPS) is 11.1. The van der Waals surface area contributed by atoms with Crippen molar-refractivity contribution in [2.75, 3.05) is 30.9 Å². The van der Waals surface area contributed by atoms with E-state index in [0.717, 1.165) is 5.82 Å². The molecule has 5 nitrogen and oxygen atoms in total. The minimum Gasteiger partial charge on any atom is -0.410 e. The van der Waals surface area contributed by atoms with E-state index in [1.54, 1.807) is 13.1 Å². The Hall–Kier alpha value is -2.56. The van der Waals surface area contributed by atoms with Crippen molar-refractivity contribution in [3.63, 3.8) is 0 Å². The van der Waals surface area contributed by atoms with Crippen LogP contribution in [-0.2, 0) is 5.41 Å². The zero-order valence-corrected chi connectivity index (χ0v) is 15.2. The first-order chi connectivity index (χ1) is 11.2. The zero-order chi connectivity index (χ0) is 17.9. The summed E-state index contributed by atoms with van der Waals surface area (Å²) in [5.74, 6) is 1.84. The molecule has 0 atom stereocenters. The third-order valence-electron chi connectivity index (χ3n) is 3.72. The molecule has 5 heteroatoms. The molecule has 24 heavy (non-hydrogen) atoms. The number of benzene rings is 1. The Morgan fingerprint density at radius 3 is 2.08 bits per heavy atom. The molecule has 0 aliphatic heterocycles. The van der Waals surface area contributed by atoms with Gasteiger partial charge < -0.3 is 9.64 Å². The second kappa shape index (κ2) is 6.91. The Balaban J connectivity index is 2.10. The number of hydrogen-bond donors (Lipinski definition) is 0. The van der Waals surface area contributed by atoms with Gasteiger partial charge in [0.15, 0.2) is 0 Å². The van der Waals surface area contributed by atoms with Gasteiger partial charge in [-0.2, -0.15) is 0 Å². The number of rotatable bonds is 3. The fourth-order valence-electron chi connectivity index (χ4n) is 2.13. The van der Waals surface area contributed by atoms with Gasteiger partial charge in [0.2, 0.25) is 0 Å². The van der Waals surface area contributed by atoms with Gasteiger partial charge in [-0.15, -0.1) is 0 Å². The van der Waals surface area contributed by atoms with Gasteiger partial charge in [-0.05, 0) is 35.2 Å². The van der Waals surface area contributed by atoms with E-state index in [9.17, 15) is 4.79 Å². The van der Waals surface area contributed by atoms with E-state index in [1.807, 2.05) is 55.4 Å². The molecule has 2 rings (SSSR count). The van der Waals surface area contributed by atoms with Gasteiger partial charge in [-0.25, -0.2) is 9.78 Å². The molecular weight excluding hydrogens is 302 g/mol. The third kappa shape index (κ3) is 4.25. The summed E-state index contributed by atoms with van der Waals surface area (Å²) in [6.45, 7) is 6.43. The van der Waals surface area contributed by atoms with Crippen LogP contribution in [0.3, 0.4) is 0 Å². The molecule has 0 saturated heterocycles. The minimum absolute atomic E-state index is 0.0653. The Morgan fingerprint density at radius 1 is 0.958 bits per heavy atom. The van der Waals surface area contributed by atoms with Gasteiger partial charge in [-0.1, -0.05) is 39.0 Å². The molecular formula is C19H25N3O2. The van der Waals surface area contributed by atoms with Crippen LogP contribution in [0.4, 0.5) is 16.4 Å². The number of carbonyl (C=O) groups excluding carboxylic acids is 1. The van der Waals surface area contributed by atoms with Crippen LogP contribution in [-0.4, -0.2) is 32.2 Å². The summed E-state index contributed by atoms with van der Waals surface area (Å²) in [6.07, 6.45) is -0.470. The average Bonchev–Trinajstić information content (AvgIpc) is 2.53. The van der Waals surface area contributed by atoms with Crippen LogP contribution < -0.4 is 14.5 Å². The lowest BCUT2D eigenvalue weighted by atomic mass is 9.87. The number of carbonyl (C=O) groups is 1. The molecule has 1 heterocycles. The zero-order valence-electron chi connectivity index (χ0n) is 15.2. The largest absolute Gasteiger partial charge is 0.420 e. The number of pyridine rings is 1. The summed E-state index contributed by atoms with van der Waals surface area (Å²) in [5, 5.41) is 0. The van der Waals surface area contributed by atoms with E-state index in [2.05, 4.69) is 25.8 Å². The maximum absolute atomic E-state index is 12.3. The van der Waals surface area contributed by atoms with Crippen molar-refractivity contribution in [1.82, 2.24) is 4.98 Å². The van der Waals surface area contributed by atoms with Crippen LogP contribution in [0, 0.1) is 0 Å². The quantitative estimate of drug-likeness (QED) is 0.852. The number of ether oxygens (including phenoxy) is 1. The predicted molar refractivity (Wildman–Crippen MR) is 98.1 cm³/mol. The molecule has 0 aliphatic carbocycles. The monoisotopic (exact) mass is 327 g/mol. The molecule has 0 aliphatic rings. The van der Waals surface area contributed by atoms with Crippen molar-refractivity contribution >= 4 is 17.7 Å². The van der Waals surface area contributed by atoms with Crippen LogP contribution in [0.2, 0.25) is 0 Å². The number of hydrogen-bond acceptors (Lipinski definition) is 4. The molecule has 1 aromatic carbocycles. The van der Waals surface area contributed by atoms with Crippen LogP contribution >= 0.6 is 0 Å². The van der Waals surface area contributed by atoms with E-state index in [1.165, 1.54) is 10.5 Å². The van der Waals surface area contributed by atoms with Crippen molar-refractivity contribution in [3.8, 4) is 5.75 Å². The number of aromatic nitrogens is 1. The molecule has 0 spiro atoms. The summed E-state index contributed by atoms with van der Waals surface area (Å²) < 4.78 is 5.43. The van der Waals surface area contributed by atoms with Crippen molar-refractivity contribution in [2.45, 2.75) is 26.2 Å². The Kier molecular flexibility index (Phi) is 5.12. The maximum Gasteiger partial charge on any atom is 0.420 e. The first-order valence-corrected chi connectivity index (χ1v) is 7.89. The van der Waals surface area contributed by atoms with E-state index in [-0.39, 0.29) is 5.41 Å². The minimum atomic E-state index is -0.470. The van der Waals surface area contributed by atoms with Gasteiger partial charge in [0.1, 0.15) is 17.4 Å². The standard InChI is InChI=1S/C19H25N3O2/c1-19(2,3)14-10-12-15(13-11-14)24-18(23)22(6)17-9-7-8-16(20-17)21(4)5/h7-13H,1-6H3. The molecule has 0 saturated carbocycles. The molecule has 1 aromatic heterocycles. The Labute approximate surface area is 143 Å². The van der Waals surface area contributed by atoms with Crippen molar-refractivity contribution in [2.24, 2.45) is 0 Å². The first-order valence-electron chi connectivity index (χ1n) is 7.89. The molecule has 0 fully saturated rings. The molecule has 0 bridgehead atoms. The van der Waals surface area contributed by atoms with Gasteiger partial charge >= 0.3 is 6.09 Å². The van der Waals surface area contributed by atoms with Crippen LogP contribution in [0.25, 0.3) is 0 Å². The third-order valence-corrected chi connectivity index (χ3v) is 3.72. The molecule has 0 N–H and O–H groups in total. The average molecular weight is 327 g/mol. The molecule has 128 valence electrons. The SMILES string of the molecule is CN(C)c1cccc(N(C)C(=O)Oc2ccc(C(C)(C)C)cc2)n1. The second-order valence-electron chi connectivity index (χ2n) is 6.95. The Bertz CT molecular complexity index is 703. The topological polar surface area (TPSA) is 45.7 Å². The van der Waals surface area contributed by atoms with Gasteiger partial charge in [-0.3, -0.25) is 4.90 Å². The number of anilines is 2. The molecule has 1 amide bonds. The van der Waals surface area contributed by atoms with E-state index in [0.29, 0.717) is 11.6 Å². The smallest absolute Gasteiger partial charge is 0.410 e. The fourth-order valence-corrected chi connectivity index (χ4v) is 2.13. The van der Waals surface area contributed by atoms with Crippen molar-refractivity contribution < 1.29 is 9.53 Å². The lowest BCUT2D eigenvalue weighted by Crippen LogP contribution is -2.30. The molecule has 0 radical (unpaired) electrons. The van der Waals surface area contributed by atoms with E-state index >= 15 is 0 Å². The lowest BCUT2D eigenvalue weighted by molar-refractivity contribution is 0.209. The highest BCUT2D eigenvalue weighted by Gasteiger charge is 2.17.